The number of hydrogen-bond acceptors (Lipinski definition) is 4. The largest absolute Gasteiger partial charge is 0.486 e. The fourth-order valence-corrected chi connectivity index (χ4v) is 2.15. The van der Waals surface area contributed by atoms with Crippen molar-refractivity contribution in [3.63, 3.8) is 0 Å². The van der Waals surface area contributed by atoms with Crippen LogP contribution in [0.1, 0.15) is 11.4 Å². The monoisotopic (exact) mass is 343 g/mol. The molecule has 2 aromatic rings. The maximum atomic E-state index is 12.3. The van der Waals surface area contributed by atoms with Gasteiger partial charge in [0.15, 0.2) is 6.10 Å². The standard InChI is InChI=1S/C16H20F3N3O2/c1-21(10-14(23)16(17,18)19)9-12-3-5-13(6-4-12)24-11-15-20-7-8-22(15)2/h3-8,14,23H,9-11H2,1-2H3. The van der Waals surface area contributed by atoms with Gasteiger partial charge in [0.05, 0.1) is 0 Å². The van der Waals surface area contributed by atoms with E-state index in [1.807, 2.05) is 17.8 Å². The molecule has 1 N–H and O–H groups in total. The Bertz CT molecular complexity index is 641. The summed E-state index contributed by atoms with van der Waals surface area (Å²) in [6.07, 6.45) is -3.43. The SMILES string of the molecule is CN(Cc1ccc(OCc2nccn2C)cc1)CC(O)C(F)(F)F. The van der Waals surface area contributed by atoms with E-state index in [1.54, 1.807) is 30.5 Å². The first kappa shape index (κ1) is 18.3. The summed E-state index contributed by atoms with van der Waals surface area (Å²) in [5, 5.41) is 9.07. The summed E-state index contributed by atoms with van der Waals surface area (Å²) in [6, 6.07) is 7.08. The molecular formula is C16H20F3N3O2. The van der Waals surface area contributed by atoms with Crippen molar-refractivity contribution in [1.82, 2.24) is 14.5 Å². The summed E-state index contributed by atoms with van der Waals surface area (Å²) in [4.78, 5) is 5.57. The normalized spacial score (nSPS) is 13.3. The van der Waals surface area contributed by atoms with Crippen LogP contribution in [-0.2, 0) is 20.2 Å². The lowest BCUT2D eigenvalue weighted by Crippen LogP contribution is -2.39. The van der Waals surface area contributed by atoms with Crippen LogP contribution in [0.25, 0.3) is 0 Å². The van der Waals surface area contributed by atoms with Crippen LogP contribution in [0.15, 0.2) is 36.7 Å². The van der Waals surface area contributed by atoms with E-state index in [1.165, 1.54) is 11.9 Å². The minimum atomic E-state index is -4.60. The molecule has 0 aliphatic carbocycles. The highest BCUT2D eigenvalue weighted by atomic mass is 19.4. The van der Waals surface area contributed by atoms with Crippen molar-refractivity contribution in [3.8, 4) is 5.75 Å². The first-order valence-electron chi connectivity index (χ1n) is 7.37. The third-order valence-electron chi connectivity index (χ3n) is 3.53. The number of aliphatic hydroxyl groups excluding tert-OH is 1. The summed E-state index contributed by atoms with van der Waals surface area (Å²) < 4.78 is 44.5. The molecule has 0 radical (unpaired) electrons. The number of likely N-dealkylation sites (N-methyl/N-ethyl adjacent to an activating group) is 1. The molecule has 24 heavy (non-hydrogen) atoms. The number of ether oxygens (including phenoxy) is 1. The second kappa shape index (κ2) is 7.67. The van der Waals surface area contributed by atoms with Crippen LogP contribution in [-0.4, -0.2) is 45.4 Å². The third-order valence-corrected chi connectivity index (χ3v) is 3.53. The highest BCUT2D eigenvalue weighted by Crippen LogP contribution is 2.21. The number of rotatable bonds is 7. The predicted molar refractivity (Wildman–Crippen MR) is 82.4 cm³/mol. The van der Waals surface area contributed by atoms with Crippen molar-refractivity contribution < 1.29 is 23.0 Å². The van der Waals surface area contributed by atoms with Crippen LogP contribution in [0.2, 0.25) is 0 Å². The van der Waals surface area contributed by atoms with Gasteiger partial charge in [0.1, 0.15) is 18.2 Å². The van der Waals surface area contributed by atoms with Gasteiger partial charge in [-0.2, -0.15) is 13.2 Å². The molecule has 1 aromatic heterocycles. The lowest BCUT2D eigenvalue weighted by Gasteiger charge is -2.22. The zero-order valence-corrected chi connectivity index (χ0v) is 13.5. The molecule has 2 rings (SSSR count). The van der Waals surface area contributed by atoms with Gasteiger partial charge in [0.25, 0.3) is 0 Å². The second-order valence-corrected chi connectivity index (χ2v) is 5.64. The summed E-state index contributed by atoms with van der Waals surface area (Å²) >= 11 is 0. The molecule has 8 heteroatoms. The molecular weight excluding hydrogens is 323 g/mol. The number of aryl methyl sites for hydroxylation is 1. The molecule has 1 heterocycles. The van der Waals surface area contributed by atoms with Gasteiger partial charge in [-0.15, -0.1) is 0 Å². The van der Waals surface area contributed by atoms with Crippen molar-refractivity contribution in [3.05, 3.63) is 48.0 Å². The number of alkyl halides is 3. The zero-order valence-electron chi connectivity index (χ0n) is 13.5. The van der Waals surface area contributed by atoms with Crippen LogP contribution in [0.3, 0.4) is 0 Å². The Morgan fingerprint density at radius 2 is 1.96 bits per heavy atom. The average Bonchev–Trinajstić information content (AvgIpc) is 2.91. The van der Waals surface area contributed by atoms with Gasteiger partial charge < -0.3 is 14.4 Å². The van der Waals surface area contributed by atoms with E-state index < -0.39 is 18.8 Å². The van der Waals surface area contributed by atoms with Crippen molar-refractivity contribution in [2.45, 2.75) is 25.4 Å². The summed E-state index contributed by atoms with van der Waals surface area (Å²) in [6.45, 7) is 0.161. The second-order valence-electron chi connectivity index (χ2n) is 5.64. The van der Waals surface area contributed by atoms with E-state index in [-0.39, 0.29) is 0 Å². The van der Waals surface area contributed by atoms with Gasteiger partial charge in [-0.1, -0.05) is 12.1 Å². The number of aliphatic hydroxyl groups is 1. The minimum Gasteiger partial charge on any atom is -0.486 e. The van der Waals surface area contributed by atoms with Crippen molar-refractivity contribution in [1.29, 1.82) is 0 Å². The van der Waals surface area contributed by atoms with Crippen molar-refractivity contribution in [2.24, 2.45) is 7.05 Å². The number of benzene rings is 1. The maximum Gasteiger partial charge on any atom is 0.415 e. The topological polar surface area (TPSA) is 50.5 Å². The van der Waals surface area contributed by atoms with E-state index in [0.717, 1.165) is 11.4 Å². The summed E-state index contributed by atoms with van der Waals surface area (Å²) in [5.41, 5.74) is 0.830. The molecule has 0 spiro atoms. The van der Waals surface area contributed by atoms with Gasteiger partial charge in [-0.25, -0.2) is 4.98 Å². The Kier molecular flexibility index (Phi) is 5.84. The molecule has 0 amide bonds. The average molecular weight is 343 g/mol. The Balaban J connectivity index is 1.84. The molecule has 0 saturated carbocycles. The van der Waals surface area contributed by atoms with Crippen molar-refractivity contribution in [2.75, 3.05) is 13.6 Å². The van der Waals surface area contributed by atoms with Gasteiger partial charge in [0, 0.05) is 32.5 Å². The Morgan fingerprint density at radius 1 is 1.29 bits per heavy atom. The fraction of sp³-hybridized carbons (Fsp3) is 0.438. The number of hydrogen-bond donors (Lipinski definition) is 1. The van der Waals surface area contributed by atoms with Crippen LogP contribution in [0.4, 0.5) is 13.2 Å². The minimum absolute atomic E-state index is 0.298. The molecule has 0 fully saturated rings. The highest BCUT2D eigenvalue weighted by molar-refractivity contribution is 5.27. The lowest BCUT2D eigenvalue weighted by molar-refractivity contribution is -0.207. The molecule has 132 valence electrons. The van der Waals surface area contributed by atoms with Gasteiger partial charge in [-0.3, -0.25) is 4.90 Å². The molecule has 0 aliphatic heterocycles. The molecule has 1 aromatic carbocycles. The van der Waals surface area contributed by atoms with Crippen LogP contribution >= 0.6 is 0 Å². The Labute approximate surface area is 138 Å². The maximum absolute atomic E-state index is 12.3. The third kappa shape index (κ3) is 5.24. The predicted octanol–water partition coefficient (Wildman–Crippen LogP) is 2.35. The number of aromatic nitrogens is 2. The highest BCUT2D eigenvalue weighted by Gasteiger charge is 2.38. The Hall–Kier alpha value is -2.06. The zero-order chi connectivity index (χ0) is 17.7. The van der Waals surface area contributed by atoms with E-state index in [9.17, 15) is 13.2 Å². The van der Waals surface area contributed by atoms with Gasteiger partial charge >= 0.3 is 6.18 Å². The van der Waals surface area contributed by atoms with Crippen LogP contribution in [0.5, 0.6) is 5.75 Å². The van der Waals surface area contributed by atoms with Gasteiger partial charge in [0.2, 0.25) is 0 Å². The molecule has 0 saturated heterocycles. The molecule has 0 bridgehead atoms. The van der Waals surface area contributed by atoms with E-state index in [4.69, 9.17) is 9.84 Å². The van der Waals surface area contributed by atoms with Gasteiger partial charge in [-0.05, 0) is 24.7 Å². The number of halogens is 3. The van der Waals surface area contributed by atoms with Crippen LogP contribution in [0, 0.1) is 0 Å². The lowest BCUT2D eigenvalue weighted by atomic mass is 10.2. The van der Waals surface area contributed by atoms with Crippen LogP contribution < -0.4 is 4.74 Å². The molecule has 1 unspecified atom stereocenters. The van der Waals surface area contributed by atoms with Crippen molar-refractivity contribution >= 4 is 0 Å². The first-order valence-corrected chi connectivity index (χ1v) is 7.37. The van der Waals surface area contributed by atoms with E-state index in [0.29, 0.717) is 18.9 Å². The van der Waals surface area contributed by atoms with E-state index >= 15 is 0 Å². The fourth-order valence-electron chi connectivity index (χ4n) is 2.15. The number of imidazole rings is 1. The van der Waals surface area contributed by atoms with E-state index in [2.05, 4.69) is 4.98 Å². The smallest absolute Gasteiger partial charge is 0.415 e. The Morgan fingerprint density at radius 3 is 2.50 bits per heavy atom. The summed E-state index contributed by atoms with van der Waals surface area (Å²) in [5.74, 6) is 1.44. The number of nitrogens with zero attached hydrogens (tertiary/aromatic N) is 3. The quantitative estimate of drug-likeness (QED) is 0.839. The summed E-state index contributed by atoms with van der Waals surface area (Å²) in [7, 11) is 3.40. The first-order chi connectivity index (χ1) is 11.3. The molecule has 5 nitrogen and oxygen atoms in total. The molecule has 1 atom stereocenters. The molecule has 0 aliphatic rings.